The molecule has 4 rings (SSSR count). The SMILES string of the molecule is FC(F)[C@@H](Nc1ncnc2[nH]ccc12)c1ccc2c(c1)OCCO2. The van der Waals surface area contributed by atoms with Crippen molar-refractivity contribution in [3.8, 4) is 11.5 Å². The lowest BCUT2D eigenvalue weighted by Gasteiger charge is -2.23. The number of fused-ring (bicyclic) bond motifs is 2. The lowest BCUT2D eigenvalue weighted by atomic mass is 10.1. The minimum atomic E-state index is -2.63. The Morgan fingerprint density at radius 1 is 1.08 bits per heavy atom. The van der Waals surface area contributed by atoms with Crippen molar-refractivity contribution in [2.24, 2.45) is 0 Å². The number of nitrogens with zero attached hydrogens (tertiary/aromatic N) is 2. The normalized spacial score (nSPS) is 14.8. The van der Waals surface area contributed by atoms with Crippen molar-refractivity contribution in [2.45, 2.75) is 12.5 Å². The van der Waals surface area contributed by atoms with Gasteiger partial charge in [0.2, 0.25) is 0 Å². The van der Waals surface area contributed by atoms with Gasteiger partial charge >= 0.3 is 0 Å². The van der Waals surface area contributed by atoms with Crippen LogP contribution in [0.2, 0.25) is 0 Å². The van der Waals surface area contributed by atoms with E-state index in [9.17, 15) is 8.78 Å². The Labute approximate surface area is 135 Å². The summed E-state index contributed by atoms with van der Waals surface area (Å²) in [6.45, 7) is 0.856. The Morgan fingerprint density at radius 3 is 2.75 bits per heavy atom. The second-order valence-electron chi connectivity index (χ2n) is 5.32. The van der Waals surface area contributed by atoms with Gasteiger partial charge in [-0.3, -0.25) is 0 Å². The van der Waals surface area contributed by atoms with Gasteiger partial charge in [0.05, 0.1) is 5.39 Å². The van der Waals surface area contributed by atoms with Crippen molar-refractivity contribution in [3.05, 3.63) is 42.4 Å². The smallest absolute Gasteiger partial charge is 0.262 e. The Morgan fingerprint density at radius 2 is 1.92 bits per heavy atom. The van der Waals surface area contributed by atoms with Gasteiger partial charge in [-0.05, 0) is 23.8 Å². The van der Waals surface area contributed by atoms with Crippen molar-refractivity contribution < 1.29 is 18.3 Å². The van der Waals surface area contributed by atoms with Gasteiger partial charge in [0.15, 0.2) is 11.5 Å². The molecule has 0 saturated heterocycles. The molecule has 0 spiro atoms. The Hall–Kier alpha value is -2.90. The van der Waals surface area contributed by atoms with E-state index in [0.29, 0.717) is 47.1 Å². The molecule has 0 amide bonds. The minimum absolute atomic E-state index is 0.349. The molecule has 124 valence electrons. The van der Waals surface area contributed by atoms with Gasteiger partial charge in [0.1, 0.15) is 37.0 Å². The molecular weight excluding hydrogens is 318 g/mol. The molecule has 8 heteroatoms. The topological polar surface area (TPSA) is 72.1 Å². The highest BCUT2D eigenvalue weighted by atomic mass is 19.3. The molecule has 2 aromatic heterocycles. The van der Waals surface area contributed by atoms with Gasteiger partial charge in [-0.25, -0.2) is 18.7 Å². The van der Waals surface area contributed by atoms with Crippen LogP contribution in [0.3, 0.4) is 0 Å². The van der Waals surface area contributed by atoms with E-state index in [-0.39, 0.29) is 0 Å². The summed E-state index contributed by atoms with van der Waals surface area (Å²) in [6, 6.07) is 5.34. The largest absolute Gasteiger partial charge is 0.486 e. The first-order valence-electron chi connectivity index (χ1n) is 7.45. The van der Waals surface area contributed by atoms with Crippen molar-refractivity contribution in [1.82, 2.24) is 15.0 Å². The third-order valence-corrected chi connectivity index (χ3v) is 3.82. The monoisotopic (exact) mass is 332 g/mol. The Kier molecular flexibility index (Phi) is 3.64. The lowest BCUT2D eigenvalue weighted by Crippen LogP contribution is -2.21. The highest BCUT2D eigenvalue weighted by Gasteiger charge is 2.25. The minimum Gasteiger partial charge on any atom is -0.486 e. The highest BCUT2D eigenvalue weighted by molar-refractivity contribution is 5.86. The van der Waals surface area contributed by atoms with Gasteiger partial charge in [0.25, 0.3) is 6.43 Å². The van der Waals surface area contributed by atoms with Crippen LogP contribution in [-0.2, 0) is 0 Å². The zero-order valence-corrected chi connectivity index (χ0v) is 12.5. The molecule has 0 saturated carbocycles. The van der Waals surface area contributed by atoms with Crippen molar-refractivity contribution in [2.75, 3.05) is 18.5 Å². The zero-order valence-electron chi connectivity index (χ0n) is 12.5. The number of ether oxygens (including phenoxy) is 2. The molecule has 3 aromatic rings. The maximum absolute atomic E-state index is 13.6. The molecular formula is C16H14F2N4O2. The number of aromatic nitrogens is 3. The van der Waals surface area contributed by atoms with Crippen LogP contribution in [0.4, 0.5) is 14.6 Å². The third kappa shape index (κ3) is 2.60. The Bertz CT molecular complexity index is 868. The van der Waals surface area contributed by atoms with Crippen LogP contribution in [0.15, 0.2) is 36.8 Å². The quantitative estimate of drug-likeness (QED) is 0.768. The van der Waals surface area contributed by atoms with Crippen LogP contribution in [0.5, 0.6) is 11.5 Å². The van der Waals surface area contributed by atoms with Gasteiger partial charge in [-0.15, -0.1) is 0 Å². The number of H-pyrrole nitrogens is 1. The summed E-state index contributed by atoms with van der Waals surface area (Å²) in [5.41, 5.74) is 0.985. The van der Waals surface area contributed by atoms with Crippen molar-refractivity contribution >= 4 is 16.9 Å². The van der Waals surface area contributed by atoms with Crippen LogP contribution in [-0.4, -0.2) is 34.6 Å². The number of aromatic amines is 1. The molecule has 0 unspecified atom stereocenters. The maximum atomic E-state index is 13.6. The average Bonchev–Trinajstić information content (AvgIpc) is 3.08. The van der Waals surface area contributed by atoms with E-state index in [1.807, 2.05) is 0 Å². The summed E-state index contributed by atoms with van der Waals surface area (Å²) >= 11 is 0. The van der Waals surface area contributed by atoms with E-state index in [2.05, 4.69) is 20.3 Å². The van der Waals surface area contributed by atoms with Gasteiger partial charge in [-0.2, -0.15) is 0 Å². The van der Waals surface area contributed by atoms with Crippen LogP contribution >= 0.6 is 0 Å². The fourth-order valence-electron chi connectivity index (χ4n) is 2.68. The van der Waals surface area contributed by atoms with E-state index < -0.39 is 12.5 Å². The van der Waals surface area contributed by atoms with Crippen molar-refractivity contribution in [3.63, 3.8) is 0 Å². The fourth-order valence-corrected chi connectivity index (χ4v) is 2.68. The number of alkyl halides is 2. The second kappa shape index (κ2) is 5.95. The molecule has 24 heavy (non-hydrogen) atoms. The molecule has 1 atom stereocenters. The van der Waals surface area contributed by atoms with Crippen LogP contribution in [0.25, 0.3) is 11.0 Å². The van der Waals surface area contributed by atoms with E-state index in [4.69, 9.17) is 9.47 Å². The molecule has 2 N–H and O–H groups in total. The Balaban J connectivity index is 1.69. The number of nitrogens with one attached hydrogen (secondary N) is 2. The van der Waals surface area contributed by atoms with E-state index in [1.165, 1.54) is 6.33 Å². The third-order valence-electron chi connectivity index (χ3n) is 3.82. The number of hydrogen-bond acceptors (Lipinski definition) is 5. The summed E-state index contributed by atoms with van der Waals surface area (Å²) < 4.78 is 38.2. The second-order valence-corrected chi connectivity index (χ2v) is 5.32. The van der Waals surface area contributed by atoms with Gasteiger partial charge in [0, 0.05) is 6.20 Å². The first-order chi connectivity index (χ1) is 11.7. The summed E-state index contributed by atoms with van der Waals surface area (Å²) in [4.78, 5) is 11.1. The predicted molar refractivity (Wildman–Crippen MR) is 83.7 cm³/mol. The molecule has 3 heterocycles. The van der Waals surface area contributed by atoms with Crippen LogP contribution in [0, 0.1) is 0 Å². The standard InChI is InChI=1S/C16H14F2N4O2/c17-14(18)13(9-1-2-11-12(7-9)24-6-5-23-11)22-16-10-3-4-19-15(10)20-8-21-16/h1-4,7-8,13-14H,5-6H2,(H2,19,20,21,22)/t13-/m0/s1. The fraction of sp³-hybridized carbons (Fsp3) is 0.250. The zero-order chi connectivity index (χ0) is 16.5. The first-order valence-corrected chi connectivity index (χ1v) is 7.45. The first kappa shape index (κ1) is 14.7. The average molecular weight is 332 g/mol. The van der Waals surface area contributed by atoms with E-state index in [1.54, 1.807) is 30.5 Å². The summed E-state index contributed by atoms with van der Waals surface area (Å²) in [7, 11) is 0. The highest BCUT2D eigenvalue weighted by Crippen LogP contribution is 2.35. The molecule has 6 nitrogen and oxygen atoms in total. The molecule has 1 aliphatic rings. The maximum Gasteiger partial charge on any atom is 0.262 e. The van der Waals surface area contributed by atoms with Crippen LogP contribution in [0.1, 0.15) is 11.6 Å². The summed E-state index contributed by atoms with van der Waals surface area (Å²) in [5, 5.41) is 3.47. The summed E-state index contributed by atoms with van der Waals surface area (Å²) in [6.07, 6.45) is 0.385. The van der Waals surface area contributed by atoms with Gasteiger partial charge < -0.3 is 19.8 Å². The predicted octanol–water partition coefficient (Wildman–Crippen LogP) is 3.15. The van der Waals surface area contributed by atoms with Gasteiger partial charge in [-0.1, -0.05) is 6.07 Å². The lowest BCUT2D eigenvalue weighted by molar-refractivity contribution is 0.123. The molecule has 0 bridgehead atoms. The van der Waals surface area contributed by atoms with E-state index in [0.717, 1.165) is 0 Å². The number of benzene rings is 1. The molecule has 0 aliphatic carbocycles. The van der Waals surface area contributed by atoms with Crippen molar-refractivity contribution in [1.29, 1.82) is 0 Å². The molecule has 1 aromatic carbocycles. The van der Waals surface area contributed by atoms with E-state index >= 15 is 0 Å². The number of hydrogen-bond donors (Lipinski definition) is 2. The molecule has 0 fully saturated rings. The summed E-state index contributed by atoms with van der Waals surface area (Å²) in [5.74, 6) is 1.38. The van der Waals surface area contributed by atoms with Crippen LogP contribution < -0.4 is 14.8 Å². The molecule has 0 radical (unpaired) electrons. The number of rotatable bonds is 4. The number of halogens is 2. The number of anilines is 1. The molecule has 1 aliphatic heterocycles.